The summed E-state index contributed by atoms with van der Waals surface area (Å²) in [7, 11) is 0. The molecule has 1 aliphatic heterocycles. The number of rotatable bonds is 9. The summed E-state index contributed by atoms with van der Waals surface area (Å²) in [5.74, 6) is 1.71. The first-order valence-corrected chi connectivity index (χ1v) is 13.2. The van der Waals surface area contributed by atoms with Crippen molar-refractivity contribution in [1.29, 1.82) is 0 Å². The topological polar surface area (TPSA) is 26.6 Å². The number of unbranched alkanes of at least 4 members (excludes halogenated alkanes) is 1. The Balaban J connectivity index is 1.32. The van der Waals surface area contributed by atoms with E-state index < -0.39 is 0 Å². The lowest BCUT2D eigenvalue weighted by Gasteiger charge is -2.30. The average Bonchev–Trinajstić information content (AvgIpc) is 3.65. The molecule has 2 heterocycles. The number of benzene rings is 3. The maximum Gasteiger partial charge on any atom is 0.231 e. The molecule has 4 heteroatoms. The number of hydrogen-bond donors (Lipinski definition) is 0. The van der Waals surface area contributed by atoms with E-state index in [2.05, 4.69) is 101 Å². The minimum absolute atomic E-state index is 0.313. The molecule has 6 rings (SSSR count). The smallest absolute Gasteiger partial charge is 0.231 e. The molecule has 0 spiro atoms. The van der Waals surface area contributed by atoms with Crippen molar-refractivity contribution >= 4 is 0 Å². The number of ether oxygens (including phenoxy) is 2. The van der Waals surface area contributed by atoms with Gasteiger partial charge in [0.05, 0.1) is 0 Å². The second-order valence-electron chi connectivity index (χ2n) is 10.0. The molecule has 2 aliphatic rings. The summed E-state index contributed by atoms with van der Waals surface area (Å²) >= 11 is 0. The van der Waals surface area contributed by atoms with Gasteiger partial charge in [0.2, 0.25) is 6.79 Å². The summed E-state index contributed by atoms with van der Waals surface area (Å²) < 4.78 is 13.8. The van der Waals surface area contributed by atoms with E-state index in [1.54, 1.807) is 0 Å². The third-order valence-corrected chi connectivity index (χ3v) is 7.61. The van der Waals surface area contributed by atoms with Crippen molar-refractivity contribution in [2.45, 2.75) is 58.3 Å². The lowest BCUT2D eigenvalue weighted by molar-refractivity contribution is 0.173. The molecule has 36 heavy (non-hydrogen) atoms. The quantitative estimate of drug-likeness (QED) is 0.263. The number of aromatic nitrogens is 1. The van der Waals surface area contributed by atoms with Gasteiger partial charge < -0.3 is 14.0 Å². The Kier molecular flexibility index (Phi) is 6.52. The highest BCUT2D eigenvalue weighted by molar-refractivity contribution is 5.60. The zero-order valence-corrected chi connectivity index (χ0v) is 21.0. The van der Waals surface area contributed by atoms with Gasteiger partial charge in [-0.1, -0.05) is 74.0 Å². The molecular formula is C32H34N2O2. The fraction of sp³-hybridized carbons (Fsp3) is 0.312. The molecule has 1 aliphatic carbocycles. The highest BCUT2D eigenvalue weighted by Gasteiger charge is 2.28. The van der Waals surface area contributed by atoms with E-state index in [4.69, 9.17) is 9.47 Å². The van der Waals surface area contributed by atoms with Gasteiger partial charge in [-0.15, -0.1) is 0 Å². The Hall–Kier alpha value is -3.50. The van der Waals surface area contributed by atoms with Gasteiger partial charge in [0.25, 0.3) is 0 Å². The first-order valence-electron chi connectivity index (χ1n) is 13.2. The van der Waals surface area contributed by atoms with Gasteiger partial charge >= 0.3 is 0 Å². The summed E-state index contributed by atoms with van der Waals surface area (Å²) in [4.78, 5) is 2.67. The molecule has 4 aromatic rings. The highest BCUT2D eigenvalue weighted by atomic mass is 16.7. The molecule has 1 aromatic heterocycles. The van der Waals surface area contributed by atoms with Crippen molar-refractivity contribution < 1.29 is 9.47 Å². The van der Waals surface area contributed by atoms with Crippen molar-refractivity contribution in [1.82, 2.24) is 9.47 Å². The molecule has 0 saturated heterocycles. The minimum atomic E-state index is 0.313. The number of nitrogens with zero attached hydrogens (tertiary/aromatic N) is 2. The van der Waals surface area contributed by atoms with Crippen LogP contribution in [0.5, 0.6) is 11.5 Å². The van der Waals surface area contributed by atoms with Crippen molar-refractivity contribution in [2.24, 2.45) is 0 Å². The molecule has 0 unspecified atom stereocenters. The largest absolute Gasteiger partial charge is 0.454 e. The van der Waals surface area contributed by atoms with Crippen LogP contribution in [0, 0.1) is 0 Å². The fourth-order valence-corrected chi connectivity index (χ4v) is 5.68. The maximum absolute atomic E-state index is 5.69. The predicted molar refractivity (Wildman–Crippen MR) is 144 cm³/mol. The first-order chi connectivity index (χ1) is 17.8. The van der Waals surface area contributed by atoms with E-state index in [0.29, 0.717) is 12.8 Å². The molecule has 0 bridgehead atoms. The Morgan fingerprint density at radius 3 is 2.33 bits per heavy atom. The van der Waals surface area contributed by atoms with Crippen LogP contribution < -0.4 is 9.47 Å². The van der Waals surface area contributed by atoms with Crippen LogP contribution in [0.3, 0.4) is 0 Å². The van der Waals surface area contributed by atoms with Crippen LogP contribution >= 0.6 is 0 Å². The number of hydrogen-bond acceptors (Lipinski definition) is 3. The minimum Gasteiger partial charge on any atom is -0.454 e. The van der Waals surface area contributed by atoms with E-state index in [1.807, 2.05) is 0 Å². The van der Waals surface area contributed by atoms with Gasteiger partial charge in [0.1, 0.15) is 0 Å². The molecule has 0 radical (unpaired) electrons. The lowest BCUT2D eigenvalue weighted by atomic mass is 10.1. The van der Waals surface area contributed by atoms with E-state index >= 15 is 0 Å². The molecular weight excluding hydrogens is 444 g/mol. The third kappa shape index (κ3) is 4.66. The zero-order valence-electron chi connectivity index (χ0n) is 21.0. The summed E-state index contributed by atoms with van der Waals surface area (Å²) in [5, 5.41) is 0. The van der Waals surface area contributed by atoms with E-state index in [-0.39, 0.29) is 0 Å². The Labute approximate surface area is 214 Å². The van der Waals surface area contributed by atoms with E-state index in [1.165, 1.54) is 46.5 Å². The molecule has 0 atom stereocenters. The van der Waals surface area contributed by atoms with Crippen molar-refractivity contribution in [2.75, 3.05) is 6.79 Å². The number of fused-ring (bicyclic) bond motifs is 2. The van der Waals surface area contributed by atoms with Crippen molar-refractivity contribution in [3.63, 3.8) is 0 Å². The summed E-state index contributed by atoms with van der Waals surface area (Å²) in [6, 6.07) is 31.3. The van der Waals surface area contributed by atoms with Crippen LogP contribution in [0.2, 0.25) is 0 Å². The second kappa shape index (κ2) is 10.2. The first kappa shape index (κ1) is 22.9. The van der Waals surface area contributed by atoms with Crippen LogP contribution in [-0.4, -0.2) is 22.3 Å². The summed E-state index contributed by atoms with van der Waals surface area (Å²) in [6.07, 6.45) is 4.56. The SMILES string of the molecule is CCCCn1c(CN(Cc2ccc3c(c2)OCO3)C2Cc3ccccc3C2)ccc1-c1ccccc1. The van der Waals surface area contributed by atoms with E-state index in [9.17, 15) is 0 Å². The maximum atomic E-state index is 5.69. The van der Waals surface area contributed by atoms with Gasteiger partial charge in [-0.05, 0) is 65.8 Å². The third-order valence-electron chi connectivity index (χ3n) is 7.61. The van der Waals surface area contributed by atoms with Crippen molar-refractivity contribution in [3.05, 3.63) is 107 Å². The zero-order chi connectivity index (χ0) is 24.3. The van der Waals surface area contributed by atoms with Gasteiger partial charge in [-0.2, -0.15) is 0 Å². The molecule has 3 aromatic carbocycles. The van der Waals surface area contributed by atoms with Crippen LogP contribution in [0.4, 0.5) is 0 Å². The lowest BCUT2D eigenvalue weighted by Crippen LogP contribution is -2.35. The monoisotopic (exact) mass is 478 g/mol. The summed E-state index contributed by atoms with van der Waals surface area (Å²) in [6.45, 7) is 5.44. The Morgan fingerprint density at radius 1 is 0.806 bits per heavy atom. The Morgan fingerprint density at radius 2 is 1.56 bits per heavy atom. The molecule has 4 nitrogen and oxygen atoms in total. The van der Waals surface area contributed by atoms with Crippen LogP contribution in [-0.2, 0) is 32.5 Å². The molecule has 184 valence electrons. The van der Waals surface area contributed by atoms with Gasteiger partial charge in [0, 0.05) is 37.1 Å². The van der Waals surface area contributed by atoms with Crippen molar-refractivity contribution in [3.8, 4) is 22.8 Å². The fourth-order valence-electron chi connectivity index (χ4n) is 5.68. The summed E-state index contributed by atoms with van der Waals surface area (Å²) in [5.41, 5.74) is 8.24. The molecule has 0 saturated carbocycles. The molecule has 0 N–H and O–H groups in total. The predicted octanol–water partition coefficient (Wildman–Crippen LogP) is 6.85. The van der Waals surface area contributed by atoms with E-state index in [0.717, 1.165) is 44.0 Å². The highest BCUT2D eigenvalue weighted by Crippen LogP contribution is 2.34. The normalized spacial score (nSPS) is 14.5. The average molecular weight is 479 g/mol. The van der Waals surface area contributed by atoms with Crippen LogP contribution in [0.25, 0.3) is 11.3 Å². The van der Waals surface area contributed by atoms with Gasteiger partial charge in [-0.25, -0.2) is 0 Å². The standard InChI is InChI=1S/C32H34N2O2/c1-2-3-17-34-28(14-15-30(34)25-9-5-4-6-10-25)22-33(29-19-26-11-7-8-12-27(26)20-29)21-24-13-16-31-32(18-24)36-23-35-31/h4-16,18,29H,2-3,17,19-23H2,1H3. The molecule has 0 amide bonds. The van der Waals surface area contributed by atoms with Crippen LogP contribution in [0.15, 0.2) is 84.9 Å². The van der Waals surface area contributed by atoms with Crippen LogP contribution in [0.1, 0.15) is 42.1 Å². The molecule has 0 fully saturated rings. The van der Waals surface area contributed by atoms with Gasteiger partial charge in [-0.3, -0.25) is 4.90 Å². The second-order valence-corrected chi connectivity index (χ2v) is 10.0. The Bertz CT molecular complexity index is 1300. The van der Waals surface area contributed by atoms with Gasteiger partial charge in [0.15, 0.2) is 11.5 Å².